The molecule has 1 aliphatic heterocycles. The average Bonchev–Trinajstić information content (AvgIpc) is 3.04. The summed E-state index contributed by atoms with van der Waals surface area (Å²) in [5.41, 5.74) is 0.954. The zero-order chi connectivity index (χ0) is 16.9. The second-order valence-corrected chi connectivity index (χ2v) is 6.45. The molecule has 3 heterocycles. The molecule has 0 unspecified atom stereocenters. The van der Waals surface area contributed by atoms with E-state index in [2.05, 4.69) is 25.5 Å². The first-order valence-electron chi connectivity index (χ1n) is 7.88. The van der Waals surface area contributed by atoms with Crippen molar-refractivity contribution >= 4 is 39.8 Å². The molecule has 0 spiro atoms. The second kappa shape index (κ2) is 7.39. The van der Waals surface area contributed by atoms with Crippen molar-refractivity contribution in [2.45, 2.75) is 26.2 Å². The number of piperidine rings is 1. The number of pyridine rings is 1. The van der Waals surface area contributed by atoms with Crippen LogP contribution in [-0.2, 0) is 4.79 Å². The normalized spacial score (nSPS) is 14.3. The molecule has 2 N–H and O–H groups in total. The van der Waals surface area contributed by atoms with Crippen molar-refractivity contribution in [3.05, 3.63) is 29.4 Å². The minimum atomic E-state index is -0.311. The summed E-state index contributed by atoms with van der Waals surface area (Å²) in [6.07, 6.45) is 5.24. The molecule has 8 heteroatoms. The molecule has 2 aromatic rings. The van der Waals surface area contributed by atoms with E-state index in [4.69, 9.17) is 0 Å². The maximum Gasteiger partial charge on any atom is 0.275 e. The number of thiazole rings is 1. The minimum absolute atomic E-state index is 0.212. The summed E-state index contributed by atoms with van der Waals surface area (Å²) in [6.45, 7) is 3.30. The molecule has 1 fully saturated rings. The third-order valence-electron chi connectivity index (χ3n) is 3.71. The standard InChI is InChI=1S/C16H19N5O2S/c1-11(22)18-16-20-13(10-24-16)15(23)19-12-6-5-7-17-14(12)21-8-3-2-4-9-21/h5-7,10H,2-4,8-9H2,1H3,(H,19,23)(H,18,20,22). The maximum absolute atomic E-state index is 12.4. The van der Waals surface area contributed by atoms with Crippen LogP contribution in [0.4, 0.5) is 16.6 Å². The lowest BCUT2D eigenvalue weighted by atomic mass is 10.1. The third kappa shape index (κ3) is 3.88. The van der Waals surface area contributed by atoms with Gasteiger partial charge in [-0.25, -0.2) is 9.97 Å². The highest BCUT2D eigenvalue weighted by Crippen LogP contribution is 2.26. The summed E-state index contributed by atoms with van der Waals surface area (Å²) in [5, 5.41) is 7.49. The Morgan fingerprint density at radius 3 is 2.75 bits per heavy atom. The van der Waals surface area contributed by atoms with Gasteiger partial charge in [0, 0.05) is 31.6 Å². The van der Waals surface area contributed by atoms with Crippen molar-refractivity contribution < 1.29 is 9.59 Å². The first-order valence-corrected chi connectivity index (χ1v) is 8.76. The SMILES string of the molecule is CC(=O)Nc1nc(C(=O)Nc2cccnc2N2CCCCC2)cs1. The van der Waals surface area contributed by atoms with E-state index < -0.39 is 0 Å². The van der Waals surface area contributed by atoms with Crippen LogP contribution in [0.3, 0.4) is 0 Å². The molecule has 7 nitrogen and oxygen atoms in total. The lowest BCUT2D eigenvalue weighted by molar-refractivity contribution is -0.114. The minimum Gasteiger partial charge on any atom is -0.355 e. The molecule has 0 atom stereocenters. The van der Waals surface area contributed by atoms with E-state index in [1.54, 1.807) is 17.6 Å². The number of aromatic nitrogens is 2. The molecule has 0 aromatic carbocycles. The van der Waals surface area contributed by atoms with E-state index in [1.165, 1.54) is 24.7 Å². The lowest BCUT2D eigenvalue weighted by Crippen LogP contribution is -2.31. The number of hydrogen-bond acceptors (Lipinski definition) is 6. The largest absolute Gasteiger partial charge is 0.355 e. The van der Waals surface area contributed by atoms with Gasteiger partial charge in [0.05, 0.1) is 5.69 Å². The van der Waals surface area contributed by atoms with Gasteiger partial charge in [0.2, 0.25) is 5.91 Å². The van der Waals surface area contributed by atoms with E-state index in [0.29, 0.717) is 10.8 Å². The van der Waals surface area contributed by atoms with Crippen LogP contribution in [0, 0.1) is 0 Å². The van der Waals surface area contributed by atoms with Crippen LogP contribution in [0.25, 0.3) is 0 Å². The quantitative estimate of drug-likeness (QED) is 0.890. The van der Waals surface area contributed by atoms with E-state index in [0.717, 1.165) is 31.7 Å². The second-order valence-electron chi connectivity index (χ2n) is 5.60. The summed E-state index contributed by atoms with van der Waals surface area (Å²) >= 11 is 1.22. The Balaban J connectivity index is 1.74. The molecule has 126 valence electrons. The van der Waals surface area contributed by atoms with Gasteiger partial charge in [-0.1, -0.05) is 0 Å². The summed E-state index contributed by atoms with van der Waals surface area (Å²) in [7, 11) is 0. The lowest BCUT2D eigenvalue weighted by Gasteiger charge is -2.29. The smallest absolute Gasteiger partial charge is 0.275 e. The summed E-state index contributed by atoms with van der Waals surface area (Å²) in [5.74, 6) is 0.271. The fourth-order valence-corrected chi connectivity index (χ4v) is 3.36. The average molecular weight is 345 g/mol. The van der Waals surface area contributed by atoms with Crippen LogP contribution in [-0.4, -0.2) is 34.9 Å². The fraction of sp³-hybridized carbons (Fsp3) is 0.375. The first kappa shape index (κ1) is 16.4. The fourth-order valence-electron chi connectivity index (χ4n) is 2.62. The van der Waals surface area contributed by atoms with Crippen LogP contribution >= 0.6 is 11.3 Å². The molecule has 0 aliphatic carbocycles. The Bertz CT molecular complexity index is 740. The van der Waals surface area contributed by atoms with Gasteiger partial charge in [-0.3, -0.25) is 9.59 Å². The number of carbonyl (C=O) groups is 2. The van der Waals surface area contributed by atoms with Crippen molar-refractivity contribution in [2.75, 3.05) is 28.6 Å². The Morgan fingerprint density at radius 2 is 2.00 bits per heavy atom. The summed E-state index contributed by atoms with van der Waals surface area (Å²) in [4.78, 5) is 34.2. The highest BCUT2D eigenvalue weighted by atomic mass is 32.1. The predicted octanol–water partition coefficient (Wildman–Crippen LogP) is 2.74. The maximum atomic E-state index is 12.4. The van der Waals surface area contributed by atoms with Gasteiger partial charge in [-0.15, -0.1) is 11.3 Å². The zero-order valence-electron chi connectivity index (χ0n) is 13.4. The van der Waals surface area contributed by atoms with Crippen LogP contribution in [0.15, 0.2) is 23.7 Å². The Hall–Kier alpha value is -2.48. The van der Waals surface area contributed by atoms with Gasteiger partial charge in [-0.05, 0) is 31.4 Å². The van der Waals surface area contributed by atoms with Gasteiger partial charge >= 0.3 is 0 Å². The Labute approximate surface area is 144 Å². The molecule has 3 rings (SSSR count). The number of nitrogens with zero attached hydrogens (tertiary/aromatic N) is 3. The predicted molar refractivity (Wildman–Crippen MR) is 94.7 cm³/mol. The molecule has 1 saturated heterocycles. The number of anilines is 3. The van der Waals surface area contributed by atoms with E-state index in [1.807, 2.05) is 6.07 Å². The van der Waals surface area contributed by atoms with Crippen LogP contribution < -0.4 is 15.5 Å². The molecule has 24 heavy (non-hydrogen) atoms. The van der Waals surface area contributed by atoms with Gasteiger partial charge in [-0.2, -0.15) is 0 Å². The zero-order valence-corrected chi connectivity index (χ0v) is 14.2. The first-order chi connectivity index (χ1) is 11.6. The number of rotatable bonds is 4. The van der Waals surface area contributed by atoms with Gasteiger partial charge in [0.15, 0.2) is 10.9 Å². The number of nitrogens with one attached hydrogen (secondary N) is 2. The topological polar surface area (TPSA) is 87.2 Å². The summed E-state index contributed by atoms with van der Waals surface area (Å²) in [6, 6.07) is 3.64. The van der Waals surface area contributed by atoms with Crippen molar-refractivity contribution in [2.24, 2.45) is 0 Å². The third-order valence-corrected chi connectivity index (χ3v) is 4.47. The molecule has 0 bridgehead atoms. The molecule has 0 radical (unpaired) electrons. The highest BCUT2D eigenvalue weighted by Gasteiger charge is 2.18. The van der Waals surface area contributed by atoms with Crippen LogP contribution in [0.1, 0.15) is 36.7 Å². The molecule has 2 amide bonds. The molecular weight excluding hydrogens is 326 g/mol. The van der Waals surface area contributed by atoms with Crippen molar-refractivity contribution in [1.82, 2.24) is 9.97 Å². The van der Waals surface area contributed by atoms with E-state index in [9.17, 15) is 9.59 Å². The van der Waals surface area contributed by atoms with Crippen LogP contribution in [0.2, 0.25) is 0 Å². The van der Waals surface area contributed by atoms with E-state index in [-0.39, 0.29) is 17.5 Å². The number of hydrogen-bond donors (Lipinski definition) is 2. The van der Waals surface area contributed by atoms with Gasteiger partial charge < -0.3 is 15.5 Å². The Kier molecular flexibility index (Phi) is 5.05. The van der Waals surface area contributed by atoms with Crippen LogP contribution in [0.5, 0.6) is 0 Å². The Morgan fingerprint density at radius 1 is 1.21 bits per heavy atom. The molecule has 0 saturated carbocycles. The van der Waals surface area contributed by atoms with Crippen molar-refractivity contribution in [1.29, 1.82) is 0 Å². The molecule has 1 aliphatic rings. The van der Waals surface area contributed by atoms with Gasteiger partial charge in [0.25, 0.3) is 5.91 Å². The summed E-state index contributed by atoms with van der Waals surface area (Å²) < 4.78 is 0. The number of carbonyl (C=O) groups excluding carboxylic acids is 2. The number of amides is 2. The van der Waals surface area contributed by atoms with Crippen molar-refractivity contribution in [3.8, 4) is 0 Å². The monoisotopic (exact) mass is 345 g/mol. The molecular formula is C16H19N5O2S. The molecule has 2 aromatic heterocycles. The van der Waals surface area contributed by atoms with Gasteiger partial charge in [0.1, 0.15) is 5.69 Å². The van der Waals surface area contributed by atoms with Crippen molar-refractivity contribution in [3.63, 3.8) is 0 Å². The van der Waals surface area contributed by atoms with E-state index >= 15 is 0 Å². The highest BCUT2D eigenvalue weighted by molar-refractivity contribution is 7.14.